The lowest BCUT2D eigenvalue weighted by Gasteiger charge is -2.31. The van der Waals surface area contributed by atoms with Gasteiger partial charge in [0.1, 0.15) is 0 Å². The van der Waals surface area contributed by atoms with Gasteiger partial charge in [0, 0.05) is 18.2 Å². The summed E-state index contributed by atoms with van der Waals surface area (Å²) < 4.78 is 5.50. The van der Waals surface area contributed by atoms with Gasteiger partial charge in [-0.1, -0.05) is 18.2 Å². The summed E-state index contributed by atoms with van der Waals surface area (Å²) in [7, 11) is 0. The number of benzene rings is 1. The van der Waals surface area contributed by atoms with Gasteiger partial charge >= 0.3 is 0 Å². The fraction of sp³-hybridized carbons (Fsp3) is 0.500. The molecule has 2 heterocycles. The van der Waals surface area contributed by atoms with Crippen LogP contribution in [0.2, 0.25) is 0 Å². The number of aliphatic imine (C=N–C) groups is 1. The average molecular weight is 245 g/mol. The Morgan fingerprint density at radius 2 is 2.22 bits per heavy atom. The molecule has 2 N–H and O–H groups in total. The Morgan fingerprint density at radius 1 is 1.39 bits per heavy atom. The van der Waals surface area contributed by atoms with Crippen LogP contribution in [0.25, 0.3) is 0 Å². The summed E-state index contributed by atoms with van der Waals surface area (Å²) in [6.07, 6.45) is 1.11. The molecule has 4 nitrogen and oxygen atoms in total. The van der Waals surface area contributed by atoms with Gasteiger partial charge in [-0.2, -0.15) is 0 Å². The molecule has 1 aromatic rings. The highest BCUT2D eigenvalue weighted by Gasteiger charge is 2.36. The molecular weight excluding hydrogens is 226 g/mol. The summed E-state index contributed by atoms with van der Waals surface area (Å²) in [4.78, 5) is 6.62. The van der Waals surface area contributed by atoms with Crippen LogP contribution in [0.4, 0.5) is 5.69 Å². The average Bonchev–Trinajstić information content (AvgIpc) is 2.99. The normalized spacial score (nSPS) is 27.6. The zero-order valence-corrected chi connectivity index (χ0v) is 10.7. The number of guanidine groups is 1. The zero-order chi connectivity index (χ0) is 12.5. The SMILES string of the molecule is Cc1ccccc1N1C(N)=NCC1C1CCOC1. The van der Waals surface area contributed by atoms with Crippen molar-refractivity contribution in [3.63, 3.8) is 0 Å². The van der Waals surface area contributed by atoms with E-state index in [1.165, 1.54) is 11.3 Å². The number of ether oxygens (including phenoxy) is 1. The van der Waals surface area contributed by atoms with Gasteiger partial charge in [0.25, 0.3) is 0 Å². The van der Waals surface area contributed by atoms with Crippen LogP contribution >= 0.6 is 0 Å². The number of para-hydroxylation sites is 1. The maximum Gasteiger partial charge on any atom is 0.196 e. The lowest BCUT2D eigenvalue weighted by molar-refractivity contribution is 0.182. The molecule has 2 aliphatic rings. The van der Waals surface area contributed by atoms with E-state index in [1.54, 1.807) is 0 Å². The highest BCUT2D eigenvalue weighted by atomic mass is 16.5. The van der Waals surface area contributed by atoms with Crippen LogP contribution in [0.15, 0.2) is 29.3 Å². The van der Waals surface area contributed by atoms with Gasteiger partial charge in [-0.25, -0.2) is 0 Å². The third kappa shape index (κ3) is 1.86. The molecule has 96 valence electrons. The second-order valence-corrected chi connectivity index (χ2v) is 5.05. The quantitative estimate of drug-likeness (QED) is 0.859. The lowest BCUT2D eigenvalue weighted by Crippen LogP contribution is -2.45. The van der Waals surface area contributed by atoms with Crippen LogP contribution in [0.5, 0.6) is 0 Å². The van der Waals surface area contributed by atoms with Crippen molar-refractivity contribution < 1.29 is 4.74 Å². The van der Waals surface area contributed by atoms with Gasteiger partial charge in [0.15, 0.2) is 5.96 Å². The third-order valence-electron chi connectivity index (χ3n) is 3.90. The highest BCUT2D eigenvalue weighted by molar-refractivity contribution is 5.97. The Bertz CT molecular complexity index is 466. The Kier molecular flexibility index (Phi) is 2.96. The Labute approximate surface area is 107 Å². The zero-order valence-electron chi connectivity index (χ0n) is 10.7. The van der Waals surface area contributed by atoms with Gasteiger partial charge in [-0.3, -0.25) is 4.99 Å². The first kappa shape index (κ1) is 11.5. The first-order valence-electron chi connectivity index (χ1n) is 6.50. The summed E-state index contributed by atoms with van der Waals surface area (Å²) in [6.45, 7) is 4.59. The Morgan fingerprint density at radius 3 is 2.94 bits per heavy atom. The molecule has 2 unspecified atom stereocenters. The molecule has 1 aromatic carbocycles. The summed E-state index contributed by atoms with van der Waals surface area (Å²) in [5, 5.41) is 0. The van der Waals surface area contributed by atoms with Crippen molar-refractivity contribution in [2.75, 3.05) is 24.7 Å². The second-order valence-electron chi connectivity index (χ2n) is 5.05. The molecule has 1 saturated heterocycles. The molecule has 2 atom stereocenters. The van der Waals surface area contributed by atoms with Crippen molar-refractivity contribution in [1.29, 1.82) is 0 Å². The molecule has 0 aromatic heterocycles. The minimum atomic E-state index is 0.355. The van der Waals surface area contributed by atoms with Crippen molar-refractivity contribution >= 4 is 11.6 Å². The second kappa shape index (κ2) is 4.61. The standard InChI is InChI=1S/C14H19N3O/c1-10-4-2-3-5-12(10)17-13(8-16-14(17)15)11-6-7-18-9-11/h2-5,11,13H,6-9H2,1H3,(H2,15,16). The highest BCUT2D eigenvalue weighted by Crippen LogP contribution is 2.30. The Balaban J connectivity index is 1.92. The number of hydrogen-bond acceptors (Lipinski definition) is 4. The minimum Gasteiger partial charge on any atom is -0.381 e. The molecule has 18 heavy (non-hydrogen) atoms. The number of aryl methyl sites for hydroxylation is 1. The largest absolute Gasteiger partial charge is 0.381 e. The van der Waals surface area contributed by atoms with Crippen LogP contribution in [0, 0.1) is 12.8 Å². The molecular formula is C14H19N3O. The van der Waals surface area contributed by atoms with E-state index in [0.29, 0.717) is 17.9 Å². The molecule has 4 heteroatoms. The molecule has 2 aliphatic heterocycles. The fourth-order valence-electron chi connectivity index (χ4n) is 2.87. The van der Waals surface area contributed by atoms with Crippen molar-refractivity contribution in [1.82, 2.24) is 0 Å². The number of nitrogens with zero attached hydrogens (tertiary/aromatic N) is 2. The van der Waals surface area contributed by atoms with E-state index in [2.05, 4.69) is 41.1 Å². The number of rotatable bonds is 2. The number of nitrogens with two attached hydrogens (primary N) is 1. The molecule has 0 spiro atoms. The van der Waals surface area contributed by atoms with E-state index in [1.807, 2.05) is 0 Å². The summed E-state index contributed by atoms with van der Waals surface area (Å²) in [5.74, 6) is 1.18. The molecule has 1 fully saturated rings. The third-order valence-corrected chi connectivity index (χ3v) is 3.90. The topological polar surface area (TPSA) is 50.8 Å². The van der Waals surface area contributed by atoms with Gasteiger partial charge in [0.2, 0.25) is 0 Å². The predicted molar refractivity (Wildman–Crippen MR) is 72.9 cm³/mol. The molecule has 0 radical (unpaired) electrons. The van der Waals surface area contributed by atoms with E-state index in [4.69, 9.17) is 10.5 Å². The maximum atomic E-state index is 6.07. The van der Waals surface area contributed by atoms with E-state index in [0.717, 1.165) is 26.2 Å². The van der Waals surface area contributed by atoms with E-state index in [-0.39, 0.29) is 0 Å². The number of anilines is 1. The predicted octanol–water partition coefficient (Wildman–Crippen LogP) is 1.53. The van der Waals surface area contributed by atoms with Crippen LogP contribution in [-0.4, -0.2) is 31.8 Å². The first-order valence-corrected chi connectivity index (χ1v) is 6.50. The van der Waals surface area contributed by atoms with Gasteiger partial charge in [-0.05, 0) is 25.0 Å². The van der Waals surface area contributed by atoms with Crippen LogP contribution < -0.4 is 10.6 Å². The molecule has 0 amide bonds. The van der Waals surface area contributed by atoms with Crippen LogP contribution in [-0.2, 0) is 4.74 Å². The Hall–Kier alpha value is -1.55. The summed E-state index contributed by atoms with van der Waals surface area (Å²) in [6, 6.07) is 8.69. The smallest absolute Gasteiger partial charge is 0.196 e. The summed E-state index contributed by atoms with van der Waals surface area (Å²) >= 11 is 0. The minimum absolute atomic E-state index is 0.355. The van der Waals surface area contributed by atoms with Crippen molar-refractivity contribution in [2.45, 2.75) is 19.4 Å². The molecule has 0 saturated carbocycles. The van der Waals surface area contributed by atoms with Gasteiger partial charge in [0.05, 0.1) is 19.2 Å². The summed E-state index contributed by atoms with van der Waals surface area (Å²) in [5.41, 5.74) is 8.48. The monoisotopic (exact) mass is 245 g/mol. The van der Waals surface area contributed by atoms with Crippen molar-refractivity contribution in [2.24, 2.45) is 16.6 Å². The van der Waals surface area contributed by atoms with Gasteiger partial charge < -0.3 is 15.4 Å². The molecule has 0 bridgehead atoms. The van der Waals surface area contributed by atoms with Crippen LogP contribution in [0.3, 0.4) is 0 Å². The van der Waals surface area contributed by atoms with E-state index < -0.39 is 0 Å². The van der Waals surface area contributed by atoms with Gasteiger partial charge in [-0.15, -0.1) is 0 Å². The molecule has 0 aliphatic carbocycles. The first-order chi connectivity index (χ1) is 8.77. The lowest BCUT2D eigenvalue weighted by atomic mass is 9.97. The maximum absolute atomic E-state index is 6.07. The fourth-order valence-corrected chi connectivity index (χ4v) is 2.87. The molecule has 3 rings (SSSR count). The van der Waals surface area contributed by atoms with Crippen molar-refractivity contribution in [3.8, 4) is 0 Å². The number of hydrogen-bond donors (Lipinski definition) is 1. The van der Waals surface area contributed by atoms with E-state index >= 15 is 0 Å². The van der Waals surface area contributed by atoms with Crippen molar-refractivity contribution in [3.05, 3.63) is 29.8 Å². The van der Waals surface area contributed by atoms with E-state index in [9.17, 15) is 0 Å². The van der Waals surface area contributed by atoms with Crippen LogP contribution in [0.1, 0.15) is 12.0 Å².